The van der Waals surface area contributed by atoms with Gasteiger partial charge in [-0.25, -0.2) is 4.79 Å². The lowest BCUT2D eigenvalue weighted by Gasteiger charge is -2.48. The molecule has 21 heteroatoms. The van der Waals surface area contributed by atoms with E-state index in [1.807, 2.05) is 0 Å². The molecule has 0 aromatic heterocycles. The van der Waals surface area contributed by atoms with E-state index in [1.165, 1.54) is 0 Å². The first-order valence-electron chi connectivity index (χ1n) is 14.2. The van der Waals surface area contributed by atoms with E-state index in [-0.39, 0.29) is 0 Å². The van der Waals surface area contributed by atoms with Crippen molar-refractivity contribution < 1.29 is 94.2 Å². The molecule has 0 bridgehead atoms. The molecule has 3 saturated heterocycles. The van der Waals surface area contributed by atoms with Crippen molar-refractivity contribution in [2.45, 2.75) is 118 Å². The fraction of sp³-hybridized carbons (Fsp3) is 0.880. The van der Waals surface area contributed by atoms with Gasteiger partial charge in [0.2, 0.25) is 11.8 Å². The van der Waals surface area contributed by atoms with Crippen LogP contribution in [0.15, 0.2) is 0 Å². The Labute approximate surface area is 260 Å². The van der Waals surface area contributed by atoms with Gasteiger partial charge in [-0.05, 0) is 0 Å². The Bertz CT molecular complexity index is 1050. The summed E-state index contributed by atoms with van der Waals surface area (Å²) >= 11 is 0. The van der Waals surface area contributed by atoms with Crippen molar-refractivity contribution >= 4 is 17.8 Å². The van der Waals surface area contributed by atoms with Crippen molar-refractivity contribution in [2.75, 3.05) is 19.8 Å². The van der Waals surface area contributed by atoms with Crippen LogP contribution in [0.5, 0.6) is 0 Å². The zero-order valence-corrected chi connectivity index (χ0v) is 24.7. The third kappa shape index (κ3) is 8.26. The van der Waals surface area contributed by atoms with Crippen molar-refractivity contribution in [2.24, 2.45) is 0 Å². The van der Waals surface area contributed by atoms with Crippen LogP contribution < -0.4 is 10.6 Å². The molecule has 0 unspecified atom stereocenters. The van der Waals surface area contributed by atoms with E-state index in [2.05, 4.69) is 10.6 Å². The number of hydrogen-bond acceptors (Lipinski definition) is 18. The lowest BCUT2D eigenvalue weighted by Crippen LogP contribution is -2.69. The first kappa shape index (κ1) is 38.3. The maximum absolute atomic E-state index is 12.4. The highest BCUT2D eigenvalue weighted by atomic mass is 16.8. The summed E-state index contributed by atoms with van der Waals surface area (Å²) in [5.74, 6) is -6.15. The third-order valence-electron chi connectivity index (χ3n) is 7.87. The van der Waals surface area contributed by atoms with Gasteiger partial charge in [0.1, 0.15) is 67.1 Å². The predicted molar refractivity (Wildman–Crippen MR) is 142 cm³/mol. The van der Waals surface area contributed by atoms with Gasteiger partial charge in [0.15, 0.2) is 12.6 Å². The molecular formula is C25H42N2O19. The van der Waals surface area contributed by atoms with Crippen LogP contribution in [0.3, 0.4) is 0 Å². The molecule has 0 aliphatic carbocycles. The monoisotopic (exact) mass is 674 g/mol. The number of amides is 2. The number of carbonyl (C=O) groups excluding carboxylic acids is 2. The van der Waals surface area contributed by atoms with Crippen LogP contribution in [0, 0.1) is 0 Å². The number of carboxylic acid groups (broad SMARTS) is 1. The molecule has 3 aliphatic rings. The topological polar surface area (TPSA) is 344 Å². The molecule has 2 amide bonds. The van der Waals surface area contributed by atoms with Gasteiger partial charge in [-0.2, -0.15) is 0 Å². The normalized spacial score (nSPS) is 42.9. The molecule has 0 saturated carbocycles. The summed E-state index contributed by atoms with van der Waals surface area (Å²) in [4.78, 5) is 35.9. The van der Waals surface area contributed by atoms with Gasteiger partial charge in [0, 0.05) is 20.3 Å². The quantitative estimate of drug-likeness (QED) is 0.0913. The highest BCUT2D eigenvalue weighted by Gasteiger charge is 2.57. The highest BCUT2D eigenvalue weighted by molar-refractivity contribution is 5.76. The largest absolute Gasteiger partial charge is 0.477 e. The minimum Gasteiger partial charge on any atom is -0.477 e. The standard InChI is InChI=1S/C25H42N2O19/c1-7(30)26-13-9(32)3-25(24(40)41,46-21(13)15(34)10(33)4-28)42-6-12-16(35)18(37)19(38)23(44-12)45-20-14(27-8(2)31)22(39)43-11(5-29)17(20)36/h9-23,28-29,32-39H,3-6H2,1-2H3,(H,26,30)(H,27,31)(H,40,41)/t9-,10+,11+,12+,13+,14+,15+,16-,17-,18-,19+,20+,21+,22+,23-,25+/m0/s1. The summed E-state index contributed by atoms with van der Waals surface area (Å²) in [6.45, 7) is -0.685. The Balaban J connectivity index is 1.85. The second-order valence-electron chi connectivity index (χ2n) is 11.3. The fourth-order valence-corrected chi connectivity index (χ4v) is 5.45. The molecule has 13 N–H and O–H groups in total. The van der Waals surface area contributed by atoms with E-state index in [1.54, 1.807) is 0 Å². The van der Waals surface area contributed by atoms with Gasteiger partial charge < -0.3 is 90.5 Å². The number of carbonyl (C=O) groups is 3. The first-order valence-corrected chi connectivity index (χ1v) is 14.2. The summed E-state index contributed by atoms with van der Waals surface area (Å²) in [5.41, 5.74) is 0. The molecular weight excluding hydrogens is 632 g/mol. The summed E-state index contributed by atoms with van der Waals surface area (Å²) in [6.07, 6.45) is -25.0. The lowest BCUT2D eigenvalue weighted by molar-refractivity contribution is -0.356. The summed E-state index contributed by atoms with van der Waals surface area (Å²) in [5, 5.41) is 118. The minimum absolute atomic E-state index is 0.702. The number of aliphatic carboxylic acids is 1. The average molecular weight is 675 g/mol. The van der Waals surface area contributed by atoms with Crippen LogP contribution in [-0.2, 0) is 38.1 Å². The van der Waals surface area contributed by atoms with Crippen molar-refractivity contribution in [3.63, 3.8) is 0 Å². The van der Waals surface area contributed by atoms with Crippen molar-refractivity contribution in [1.29, 1.82) is 0 Å². The van der Waals surface area contributed by atoms with Crippen LogP contribution in [0.25, 0.3) is 0 Å². The minimum atomic E-state index is -2.85. The van der Waals surface area contributed by atoms with Crippen LogP contribution >= 0.6 is 0 Å². The second kappa shape index (κ2) is 15.8. The van der Waals surface area contributed by atoms with E-state index in [0.717, 1.165) is 13.8 Å². The number of hydrogen-bond donors (Lipinski definition) is 13. The Morgan fingerprint density at radius 1 is 0.870 bits per heavy atom. The number of aliphatic hydroxyl groups excluding tert-OH is 10. The number of carboxylic acids is 1. The smallest absolute Gasteiger partial charge is 0.364 e. The SMILES string of the molecule is CC(=O)N[C@@H]1[C@@H](O[C@@H]2O[C@H](CO[C@]3(C(=O)O)C[C@H](O)[C@@H](NC(C)=O)[C@H]([C@H](O)[C@H](O)CO)O3)[C@H](O)[C@H](O)[C@H]2O)[C@@H](O)[C@@H](CO)O[C@H]1O. The van der Waals surface area contributed by atoms with Gasteiger partial charge in [-0.3, -0.25) is 9.59 Å². The van der Waals surface area contributed by atoms with Crippen molar-refractivity contribution in [3.05, 3.63) is 0 Å². The number of nitrogens with one attached hydrogen (secondary N) is 2. The Morgan fingerprint density at radius 3 is 2.02 bits per heavy atom. The van der Waals surface area contributed by atoms with Crippen molar-refractivity contribution in [1.82, 2.24) is 10.6 Å². The molecule has 0 spiro atoms. The second-order valence-corrected chi connectivity index (χ2v) is 11.3. The van der Waals surface area contributed by atoms with Gasteiger partial charge in [0.25, 0.3) is 5.79 Å². The van der Waals surface area contributed by atoms with E-state index in [0.29, 0.717) is 0 Å². The van der Waals surface area contributed by atoms with E-state index in [4.69, 9.17) is 23.7 Å². The van der Waals surface area contributed by atoms with Gasteiger partial charge >= 0.3 is 5.97 Å². The predicted octanol–water partition coefficient (Wildman–Crippen LogP) is -8.08. The summed E-state index contributed by atoms with van der Waals surface area (Å²) < 4.78 is 27.2. The maximum atomic E-state index is 12.4. The van der Waals surface area contributed by atoms with Crippen LogP contribution in [0.1, 0.15) is 20.3 Å². The van der Waals surface area contributed by atoms with Gasteiger partial charge in [-0.1, -0.05) is 0 Å². The Hall–Kier alpha value is -2.19. The van der Waals surface area contributed by atoms with Crippen LogP contribution in [-0.4, -0.2) is 191 Å². The van der Waals surface area contributed by atoms with Gasteiger partial charge in [0.05, 0.1) is 32.0 Å². The number of rotatable bonds is 12. The molecule has 3 fully saturated rings. The maximum Gasteiger partial charge on any atom is 0.364 e. The Kier molecular flexibility index (Phi) is 13.1. The first-order chi connectivity index (χ1) is 21.5. The number of aliphatic hydroxyl groups is 10. The molecule has 0 aromatic rings. The molecule has 46 heavy (non-hydrogen) atoms. The van der Waals surface area contributed by atoms with Crippen LogP contribution in [0.4, 0.5) is 0 Å². The Morgan fingerprint density at radius 2 is 1.48 bits per heavy atom. The molecule has 266 valence electrons. The lowest BCUT2D eigenvalue weighted by atomic mass is 9.88. The molecule has 16 atom stereocenters. The number of ether oxygens (including phenoxy) is 5. The zero-order chi connectivity index (χ0) is 34.7. The van der Waals surface area contributed by atoms with E-state index in [9.17, 15) is 70.6 Å². The molecule has 3 heterocycles. The summed E-state index contributed by atoms with van der Waals surface area (Å²) in [6, 6.07) is -2.98. The average Bonchev–Trinajstić information content (AvgIpc) is 2.99. The van der Waals surface area contributed by atoms with Crippen molar-refractivity contribution in [3.8, 4) is 0 Å². The van der Waals surface area contributed by atoms with E-state index < -0.39 is 142 Å². The van der Waals surface area contributed by atoms with Crippen LogP contribution in [0.2, 0.25) is 0 Å². The van der Waals surface area contributed by atoms with E-state index >= 15 is 0 Å². The molecule has 0 radical (unpaired) electrons. The summed E-state index contributed by atoms with van der Waals surface area (Å²) in [7, 11) is 0. The highest BCUT2D eigenvalue weighted by Crippen LogP contribution is 2.35. The van der Waals surface area contributed by atoms with Gasteiger partial charge in [-0.15, -0.1) is 0 Å². The fourth-order valence-electron chi connectivity index (χ4n) is 5.45. The molecule has 0 aromatic carbocycles. The molecule has 21 nitrogen and oxygen atoms in total. The third-order valence-corrected chi connectivity index (χ3v) is 7.87. The molecule has 3 aliphatic heterocycles. The molecule has 3 rings (SSSR count). The zero-order valence-electron chi connectivity index (χ0n) is 24.7.